The van der Waals surface area contributed by atoms with Gasteiger partial charge in [-0.1, -0.05) is 236 Å². The minimum Gasteiger partial charge on any atom is -0.399 e. The summed E-state index contributed by atoms with van der Waals surface area (Å²) >= 11 is 0. The van der Waals surface area contributed by atoms with Crippen LogP contribution in [0.5, 0.6) is 0 Å². The van der Waals surface area contributed by atoms with Gasteiger partial charge in [-0.3, -0.25) is 0 Å². The molecule has 0 aliphatic rings. The summed E-state index contributed by atoms with van der Waals surface area (Å²) in [5.41, 5.74) is 25.6. The van der Waals surface area contributed by atoms with E-state index < -0.39 is 0 Å². The second-order valence-electron chi connectivity index (χ2n) is 19.0. The van der Waals surface area contributed by atoms with Gasteiger partial charge in [-0.2, -0.15) is 0 Å². The maximum atomic E-state index is 6.26. The van der Waals surface area contributed by atoms with E-state index >= 15 is 0 Å². The molecular formula is C59H90N2. The number of hydrogen-bond donors (Lipinski definition) is 2. The summed E-state index contributed by atoms with van der Waals surface area (Å²) in [6.07, 6.45) is 36.0. The van der Waals surface area contributed by atoms with E-state index in [9.17, 15) is 0 Å². The van der Waals surface area contributed by atoms with E-state index in [2.05, 4.69) is 120 Å². The Kier molecular flexibility index (Phi) is 24.4. The molecule has 0 saturated carbocycles. The Morgan fingerprint density at radius 1 is 0.311 bits per heavy atom. The predicted octanol–water partition coefficient (Wildman–Crippen LogP) is 18.5. The van der Waals surface area contributed by atoms with Crippen LogP contribution < -0.4 is 11.5 Å². The average molecular weight is 827 g/mol. The molecule has 0 saturated heterocycles. The smallest absolute Gasteiger partial charge is 0.0316 e. The van der Waals surface area contributed by atoms with Gasteiger partial charge in [0.05, 0.1) is 0 Å². The summed E-state index contributed by atoms with van der Waals surface area (Å²) in [4.78, 5) is 0. The maximum absolute atomic E-state index is 6.26. The number of hydrogen-bond acceptors (Lipinski definition) is 2. The molecule has 61 heavy (non-hydrogen) atoms. The topological polar surface area (TPSA) is 52.0 Å². The first kappa shape index (κ1) is 50.1. The van der Waals surface area contributed by atoms with Crippen LogP contribution >= 0.6 is 0 Å². The van der Waals surface area contributed by atoms with Crippen LogP contribution in [0, 0.1) is 13.8 Å². The van der Waals surface area contributed by atoms with Crippen molar-refractivity contribution in [1.82, 2.24) is 0 Å². The molecule has 0 aliphatic heterocycles. The number of anilines is 2. The number of nitrogens with two attached hydrogens (primary N) is 2. The Morgan fingerprint density at radius 2 is 0.557 bits per heavy atom. The molecular weight excluding hydrogens is 737 g/mol. The van der Waals surface area contributed by atoms with Crippen molar-refractivity contribution in [3.8, 4) is 0 Å². The normalized spacial score (nSPS) is 13.1. The highest BCUT2D eigenvalue weighted by Gasteiger charge is 2.21. The highest BCUT2D eigenvalue weighted by Crippen LogP contribution is 2.38. The van der Waals surface area contributed by atoms with Gasteiger partial charge in [-0.05, 0) is 102 Å². The van der Waals surface area contributed by atoms with Crippen LogP contribution in [0.25, 0.3) is 0 Å². The van der Waals surface area contributed by atoms with E-state index in [1.165, 1.54) is 218 Å². The zero-order valence-corrected chi connectivity index (χ0v) is 40.1. The van der Waals surface area contributed by atoms with Gasteiger partial charge in [-0.25, -0.2) is 0 Å². The summed E-state index contributed by atoms with van der Waals surface area (Å²) < 4.78 is 0. The highest BCUT2D eigenvalue weighted by molar-refractivity contribution is 5.50. The fraction of sp³-hybridized carbons (Fsp3) is 0.593. The first-order chi connectivity index (χ1) is 29.9. The van der Waals surface area contributed by atoms with E-state index in [1.54, 1.807) is 0 Å². The van der Waals surface area contributed by atoms with Crippen molar-refractivity contribution in [2.45, 2.75) is 226 Å². The van der Waals surface area contributed by atoms with Gasteiger partial charge in [0.15, 0.2) is 0 Å². The van der Waals surface area contributed by atoms with Crippen molar-refractivity contribution in [2.24, 2.45) is 0 Å². The van der Waals surface area contributed by atoms with Crippen molar-refractivity contribution in [3.05, 3.63) is 129 Å². The van der Waals surface area contributed by atoms with Crippen LogP contribution in [0.4, 0.5) is 11.4 Å². The van der Waals surface area contributed by atoms with E-state index in [1.807, 2.05) is 0 Å². The second kappa shape index (κ2) is 29.7. The summed E-state index contributed by atoms with van der Waals surface area (Å²) in [5.74, 6) is 1.20. The lowest BCUT2D eigenvalue weighted by molar-refractivity contribution is 0.548. The average Bonchev–Trinajstić information content (AvgIpc) is 3.26. The van der Waals surface area contributed by atoms with Gasteiger partial charge >= 0.3 is 0 Å². The lowest BCUT2D eigenvalue weighted by Gasteiger charge is -2.24. The third-order valence-corrected chi connectivity index (χ3v) is 13.9. The molecule has 4 N–H and O–H groups in total. The van der Waals surface area contributed by atoms with E-state index in [0.717, 1.165) is 11.4 Å². The van der Waals surface area contributed by atoms with E-state index in [-0.39, 0.29) is 0 Å². The lowest BCUT2D eigenvalue weighted by atomic mass is 9.80. The zero-order chi connectivity index (χ0) is 43.5. The molecule has 0 bridgehead atoms. The second-order valence-corrected chi connectivity index (χ2v) is 19.0. The summed E-state index contributed by atoms with van der Waals surface area (Å²) in [6, 6.07) is 33.0. The first-order valence-corrected chi connectivity index (χ1v) is 25.8. The van der Waals surface area contributed by atoms with Crippen molar-refractivity contribution in [2.75, 3.05) is 11.5 Å². The Morgan fingerprint density at radius 3 is 0.836 bits per heavy atom. The number of aryl methyl sites for hydroxylation is 2. The molecule has 0 spiro atoms. The van der Waals surface area contributed by atoms with Crippen LogP contribution in [0.15, 0.2) is 84.9 Å². The monoisotopic (exact) mass is 827 g/mol. The molecule has 0 aromatic heterocycles. The summed E-state index contributed by atoms with van der Waals surface area (Å²) in [5, 5.41) is 0. The third kappa shape index (κ3) is 18.0. The molecule has 4 rings (SSSR count). The van der Waals surface area contributed by atoms with Gasteiger partial charge in [0, 0.05) is 29.1 Å². The molecule has 336 valence electrons. The van der Waals surface area contributed by atoms with Crippen molar-refractivity contribution < 1.29 is 0 Å². The summed E-state index contributed by atoms with van der Waals surface area (Å²) in [6.45, 7) is 11.4. The number of unbranched alkanes of at least 4 members (excludes halogenated alkanes) is 21. The van der Waals surface area contributed by atoms with Crippen LogP contribution in [-0.2, 0) is 0 Å². The number of nitrogen functional groups attached to an aromatic ring is 2. The van der Waals surface area contributed by atoms with Crippen LogP contribution in [-0.4, -0.2) is 0 Å². The maximum Gasteiger partial charge on any atom is 0.0316 e. The standard InChI is InChI=1S/C59H90N2/c1-6-9-12-15-18-21-24-27-30-57(49-33-37-51(38-34-49)58(55-43-41-53(60)45-47(55)4)31-28-25-22-19-16-13-10-7-2)50-35-39-52(40-36-50)59(56-44-42-54(61)46-48(56)5)32-29-26-23-20-17-14-11-8-3/h33-46,57-59H,6-32,60-61H2,1-5H3. The predicted molar refractivity (Wildman–Crippen MR) is 271 cm³/mol. The van der Waals surface area contributed by atoms with Gasteiger partial charge in [-0.15, -0.1) is 0 Å². The van der Waals surface area contributed by atoms with E-state index in [4.69, 9.17) is 11.5 Å². The molecule has 0 heterocycles. The highest BCUT2D eigenvalue weighted by atomic mass is 14.5. The fourth-order valence-corrected chi connectivity index (χ4v) is 10.1. The zero-order valence-electron chi connectivity index (χ0n) is 40.1. The molecule has 2 nitrogen and oxygen atoms in total. The lowest BCUT2D eigenvalue weighted by Crippen LogP contribution is -2.07. The molecule has 2 heteroatoms. The Bertz CT molecular complexity index is 1600. The minimum absolute atomic E-state index is 0.398. The Hall–Kier alpha value is -3.52. The number of rotatable bonds is 33. The largest absolute Gasteiger partial charge is 0.399 e. The molecule has 2 atom stereocenters. The van der Waals surface area contributed by atoms with E-state index in [0.29, 0.717) is 17.8 Å². The molecule has 0 aliphatic carbocycles. The molecule has 4 aromatic carbocycles. The van der Waals surface area contributed by atoms with Gasteiger partial charge in [0.1, 0.15) is 0 Å². The fourth-order valence-electron chi connectivity index (χ4n) is 10.1. The molecule has 0 amide bonds. The van der Waals surface area contributed by atoms with Crippen LogP contribution in [0.1, 0.15) is 256 Å². The molecule has 0 fully saturated rings. The van der Waals surface area contributed by atoms with Gasteiger partial charge < -0.3 is 11.5 Å². The van der Waals surface area contributed by atoms with Crippen molar-refractivity contribution >= 4 is 11.4 Å². The third-order valence-electron chi connectivity index (χ3n) is 13.9. The molecule has 0 radical (unpaired) electrons. The first-order valence-electron chi connectivity index (χ1n) is 25.8. The summed E-state index contributed by atoms with van der Waals surface area (Å²) in [7, 11) is 0. The Balaban J connectivity index is 1.55. The van der Waals surface area contributed by atoms with Gasteiger partial charge in [0.2, 0.25) is 0 Å². The quantitative estimate of drug-likeness (QED) is 0.0371. The number of benzene rings is 4. The Labute approximate surface area is 376 Å². The SMILES string of the molecule is CCCCCCCCCCC(c1ccc(C(CCCCCCCCCC)c2ccc(N)cc2C)cc1)c1ccc(C(CCCCCCCCCC)c2ccc(N)cc2C)cc1. The van der Waals surface area contributed by atoms with Crippen molar-refractivity contribution in [1.29, 1.82) is 0 Å². The molecule has 4 aromatic rings. The van der Waals surface area contributed by atoms with Crippen LogP contribution in [0.2, 0.25) is 0 Å². The van der Waals surface area contributed by atoms with Crippen LogP contribution in [0.3, 0.4) is 0 Å². The van der Waals surface area contributed by atoms with Gasteiger partial charge in [0.25, 0.3) is 0 Å². The van der Waals surface area contributed by atoms with Crippen molar-refractivity contribution in [3.63, 3.8) is 0 Å². The molecule has 2 unspecified atom stereocenters. The minimum atomic E-state index is 0.398.